The quantitative estimate of drug-likeness (QED) is 0.813. The van der Waals surface area contributed by atoms with Gasteiger partial charge >= 0.3 is 0 Å². The van der Waals surface area contributed by atoms with Crippen LogP contribution in [0.2, 0.25) is 5.02 Å². The molecule has 0 saturated heterocycles. The number of hydrogen-bond donors (Lipinski definition) is 1. The third-order valence-electron chi connectivity index (χ3n) is 2.78. The van der Waals surface area contributed by atoms with E-state index in [1.54, 1.807) is 18.2 Å². The van der Waals surface area contributed by atoms with E-state index < -0.39 is 5.82 Å². The molecule has 0 aliphatic carbocycles. The summed E-state index contributed by atoms with van der Waals surface area (Å²) in [5.74, 6) is 0.549. The highest BCUT2D eigenvalue weighted by molar-refractivity contribution is 6.30. The van der Waals surface area contributed by atoms with Crippen LogP contribution in [0.25, 0.3) is 0 Å². The van der Waals surface area contributed by atoms with E-state index in [0.29, 0.717) is 16.5 Å². The number of aryl methyl sites for hydroxylation is 1. The Hall–Kier alpha value is -1.94. The first-order valence-electron chi connectivity index (χ1n) is 6.56. The van der Waals surface area contributed by atoms with E-state index in [1.807, 2.05) is 20.8 Å². The van der Waals surface area contributed by atoms with E-state index in [-0.39, 0.29) is 17.5 Å². The molecule has 0 saturated carbocycles. The van der Waals surface area contributed by atoms with Crippen LogP contribution in [0.3, 0.4) is 0 Å². The highest BCUT2D eigenvalue weighted by atomic mass is 35.5. The largest absolute Gasteiger partial charge is 0.488 e. The van der Waals surface area contributed by atoms with Crippen LogP contribution in [-0.2, 0) is 0 Å². The molecule has 2 aromatic carbocycles. The van der Waals surface area contributed by atoms with Crippen molar-refractivity contribution in [3.8, 4) is 17.2 Å². The minimum Gasteiger partial charge on any atom is -0.488 e. The molecule has 5 heteroatoms. The van der Waals surface area contributed by atoms with Crippen molar-refractivity contribution in [3.05, 3.63) is 46.7 Å². The van der Waals surface area contributed by atoms with Gasteiger partial charge in [-0.05, 0) is 44.5 Å². The maximum absolute atomic E-state index is 13.8. The van der Waals surface area contributed by atoms with Gasteiger partial charge in [-0.3, -0.25) is 0 Å². The lowest BCUT2D eigenvalue weighted by molar-refractivity contribution is 0.230. The second-order valence-electron chi connectivity index (χ2n) is 5.00. The molecule has 112 valence electrons. The van der Waals surface area contributed by atoms with E-state index >= 15 is 0 Å². The number of rotatable bonds is 4. The summed E-state index contributed by atoms with van der Waals surface area (Å²) < 4.78 is 24.9. The summed E-state index contributed by atoms with van der Waals surface area (Å²) >= 11 is 5.90. The summed E-state index contributed by atoms with van der Waals surface area (Å²) in [6.45, 7) is 5.51. The molecule has 0 heterocycles. The second kappa shape index (κ2) is 6.22. The van der Waals surface area contributed by atoms with Crippen LogP contribution >= 0.6 is 11.6 Å². The van der Waals surface area contributed by atoms with Gasteiger partial charge in [-0.1, -0.05) is 11.6 Å². The Kier molecular flexibility index (Phi) is 4.58. The normalized spacial score (nSPS) is 10.8. The van der Waals surface area contributed by atoms with Gasteiger partial charge in [0.15, 0.2) is 17.3 Å². The van der Waals surface area contributed by atoms with Crippen LogP contribution in [0, 0.1) is 12.7 Å². The van der Waals surface area contributed by atoms with Crippen molar-refractivity contribution >= 4 is 17.3 Å². The zero-order valence-electron chi connectivity index (χ0n) is 12.1. The molecule has 0 aliphatic heterocycles. The molecule has 0 bridgehead atoms. The molecule has 3 nitrogen and oxygen atoms in total. The summed E-state index contributed by atoms with van der Waals surface area (Å²) in [5.41, 5.74) is 6.87. The molecule has 0 amide bonds. The van der Waals surface area contributed by atoms with Crippen molar-refractivity contribution in [2.24, 2.45) is 0 Å². The summed E-state index contributed by atoms with van der Waals surface area (Å²) in [7, 11) is 0. The van der Waals surface area contributed by atoms with Gasteiger partial charge in [-0.25, -0.2) is 4.39 Å². The smallest absolute Gasteiger partial charge is 0.167 e. The third kappa shape index (κ3) is 3.79. The van der Waals surface area contributed by atoms with E-state index in [0.717, 1.165) is 5.56 Å². The van der Waals surface area contributed by atoms with Crippen molar-refractivity contribution in [3.63, 3.8) is 0 Å². The van der Waals surface area contributed by atoms with Gasteiger partial charge in [0, 0.05) is 17.2 Å². The van der Waals surface area contributed by atoms with Gasteiger partial charge < -0.3 is 15.2 Å². The van der Waals surface area contributed by atoms with Crippen LogP contribution < -0.4 is 15.2 Å². The Balaban J connectivity index is 2.34. The number of nitrogens with two attached hydrogens (primary N) is 1. The van der Waals surface area contributed by atoms with Crippen molar-refractivity contribution in [1.29, 1.82) is 0 Å². The highest BCUT2D eigenvalue weighted by Gasteiger charge is 2.13. The fraction of sp³-hybridized carbons (Fsp3) is 0.250. The van der Waals surface area contributed by atoms with E-state index in [4.69, 9.17) is 26.8 Å². The summed E-state index contributed by atoms with van der Waals surface area (Å²) in [6.07, 6.45) is -0.145. The zero-order chi connectivity index (χ0) is 15.6. The van der Waals surface area contributed by atoms with Crippen molar-refractivity contribution in [2.75, 3.05) is 5.73 Å². The highest BCUT2D eigenvalue weighted by Crippen LogP contribution is 2.35. The van der Waals surface area contributed by atoms with E-state index in [2.05, 4.69) is 0 Å². The molecule has 0 unspecified atom stereocenters. The van der Waals surface area contributed by atoms with E-state index in [1.165, 1.54) is 12.1 Å². The van der Waals surface area contributed by atoms with Crippen LogP contribution in [0.15, 0.2) is 30.3 Å². The fourth-order valence-corrected chi connectivity index (χ4v) is 2.06. The predicted molar refractivity (Wildman–Crippen MR) is 82.8 cm³/mol. The molecule has 0 atom stereocenters. The first-order chi connectivity index (χ1) is 9.86. The molecule has 2 N–H and O–H groups in total. The minimum absolute atomic E-state index is 0.112. The molecule has 2 aromatic rings. The lowest BCUT2D eigenvalue weighted by atomic mass is 10.2. The van der Waals surface area contributed by atoms with Crippen LogP contribution in [0.5, 0.6) is 17.2 Å². The number of halogens is 2. The Morgan fingerprint density at radius 2 is 1.81 bits per heavy atom. The number of nitrogen functional groups attached to an aromatic ring is 1. The minimum atomic E-state index is -0.513. The number of hydrogen-bond acceptors (Lipinski definition) is 3. The maximum atomic E-state index is 13.8. The predicted octanol–water partition coefficient (Wildman–Crippen LogP) is 4.95. The van der Waals surface area contributed by atoms with Crippen molar-refractivity contribution in [1.82, 2.24) is 0 Å². The Bertz CT molecular complexity index is 659. The van der Waals surface area contributed by atoms with Crippen molar-refractivity contribution < 1.29 is 13.9 Å². The van der Waals surface area contributed by atoms with E-state index in [9.17, 15) is 4.39 Å². The molecule has 0 fully saturated rings. The van der Waals surface area contributed by atoms with Gasteiger partial charge in [0.1, 0.15) is 5.75 Å². The zero-order valence-corrected chi connectivity index (χ0v) is 12.9. The molecule has 2 rings (SSSR count). The van der Waals surface area contributed by atoms with Crippen LogP contribution in [-0.4, -0.2) is 6.10 Å². The first kappa shape index (κ1) is 15.4. The Morgan fingerprint density at radius 3 is 2.43 bits per heavy atom. The summed E-state index contributed by atoms with van der Waals surface area (Å²) in [5, 5.41) is 0.621. The van der Waals surface area contributed by atoms with Gasteiger partial charge in [0.05, 0.1) is 11.8 Å². The third-order valence-corrected chi connectivity index (χ3v) is 3.02. The van der Waals surface area contributed by atoms with Crippen LogP contribution in [0.4, 0.5) is 10.1 Å². The Labute approximate surface area is 128 Å². The van der Waals surface area contributed by atoms with Gasteiger partial charge in [0.2, 0.25) is 0 Å². The maximum Gasteiger partial charge on any atom is 0.167 e. The topological polar surface area (TPSA) is 44.5 Å². The van der Waals surface area contributed by atoms with Gasteiger partial charge in [-0.2, -0.15) is 0 Å². The fourth-order valence-electron chi connectivity index (χ4n) is 1.83. The SMILES string of the molecule is Cc1cc(Cl)ccc1Oc1cc(OC(C)C)c(F)cc1N. The lowest BCUT2D eigenvalue weighted by Gasteiger charge is -2.15. The first-order valence-corrected chi connectivity index (χ1v) is 6.94. The summed E-state index contributed by atoms with van der Waals surface area (Å²) in [4.78, 5) is 0. The molecule has 0 radical (unpaired) electrons. The Morgan fingerprint density at radius 1 is 1.10 bits per heavy atom. The van der Waals surface area contributed by atoms with Crippen molar-refractivity contribution in [2.45, 2.75) is 26.9 Å². The molecule has 0 aromatic heterocycles. The molecular weight excluding hydrogens is 293 g/mol. The van der Waals surface area contributed by atoms with Crippen LogP contribution in [0.1, 0.15) is 19.4 Å². The molecular formula is C16H17ClFNO2. The monoisotopic (exact) mass is 309 g/mol. The number of benzene rings is 2. The average Bonchev–Trinajstić information content (AvgIpc) is 2.37. The lowest BCUT2D eigenvalue weighted by Crippen LogP contribution is -2.07. The van der Waals surface area contributed by atoms with Gasteiger partial charge in [-0.15, -0.1) is 0 Å². The summed E-state index contributed by atoms with van der Waals surface area (Å²) in [6, 6.07) is 7.89. The average molecular weight is 310 g/mol. The second-order valence-corrected chi connectivity index (χ2v) is 5.44. The molecule has 0 aliphatic rings. The van der Waals surface area contributed by atoms with Gasteiger partial charge in [0.25, 0.3) is 0 Å². The number of ether oxygens (including phenoxy) is 2. The number of anilines is 1. The molecule has 0 spiro atoms. The standard InChI is InChI=1S/C16H17ClFNO2/c1-9(2)20-15-8-16(13(19)7-12(15)18)21-14-5-4-11(17)6-10(14)3/h4-9H,19H2,1-3H3. The molecule has 21 heavy (non-hydrogen) atoms.